The van der Waals surface area contributed by atoms with Crippen LogP contribution in [0.3, 0.4) is 0 Å². The van der Waals surface area contributed by atoms with E-state index in [1.165, 1.54) is 0 Å². The minimum atomic E-state index is -0.666. The second-order valence-corrected chi connectivity index (χ2v) is 5.33. The van der Waals surface area contributed by atoms with Crippen molar-refractivity contribution in [1.29, 1.82) is 0 Å². The molecule has 1 amide bonds. The predicted octanol–water partition coefficient (Wildman–Crippen LogP) is 1.35. The van der Waals surface area contributed by atoms with Gasteiger partial charge in [-0.2, -0.15) is 0 Å². The van der Waals surface area contributed by atoms with Crippen molar-refractivity contribution in [3.05, 3.63) is 29.8 Å². The van der Waals surface area contributed by atoms with Crippen LogP contribution < -0.4 is 11.3 Å². The van der Waals surface area contributed by atoms with Crippen LogP contribution in [0.1, 0.15) is 36.5 Å². The number of anilines is 1. The second kappa shape index (κ2) is 5.59. The van der Waals surface area contributed by atoms with Gasteiger partial charge < -0.3 is 15.4 Å². The summed E-state index contributed by atoms with van der Waals surface area (Å²) in [5, 5.41) is 10.1. The van der Waals surface area contributed by atoms with Gasteiger partial charge in [0.05, 0.1) is 16.9 Å². The van der Waals surface area contributed by atoms with Gasteiger partial charge in [0.15, 0.2) is 0 Å². The van der Waals surface area contributed by atoms with Crippen molar-refractivity contribution in [2.45, 2.75) is 31.8 Å². The number of nitrogens with two attached hydrogens (primary N) is 1. The van der Waals surface area contributed by atoms with Crippen molar-refractivity contribution < 1.29 is 9.90 Å². The zero-order valence-electron chi connectivity index (χ0n) is 11.2. The van der Waals surface area contributed by atoms with Crippen molar-refractivity contribution in [1.82, 2.24) is 4.90 Å². The summed E-state index contributed by atoms with van der Waals surface area (Å²) in [5.74, 6) is 5.40. The van der Waals surface area contributed by atoms with Crippen LogP contribution in [-0.2, 0) is 0 Å². The third kappa shape index (κ3) is 3.24. The van der Waals surface area contributed by atoms with Crippen molar-refractivity contribution in [2.75, 3.05) is 18.5 Å². The minimum absolute atomic E-state index is 0.0359. The third-order valence-electron chi connectivity index (χ3n) is 3.66. The van der Waals surface area contributed by atoms with E-state index in [4.69, 9.17) is 5.84 Å². The van der Waals surface area contributed by atoms with Crippen molar-refractivity contribution in [2.24, 2.45) is 5.84 Å². The van der Waals surface area contributed by atoms with Crippen LogP contribution in [-0.4, -0.2) is 34.6 Å². The van der Waals surface area contributed by atoms with Gasteiger partial charge in [0.1, 0.15) is 0 Å². The molecule has 1 saturated heterocycles. The molecule has 5 nitrogen and oxygen atoms in total. The molecule has 0 aromatic heterocycles. The first kappa shape index (κ1) is 13.8. The molecule has 1 fully saturated rings. The molecule has 1 atom stereocenters. The Labute approximate surface area is 113 Å². The van der Waals surface area contributed by atoms with Crippen LogP contribution in [0.25, 0.3) is 0 Å². The van der Waals surface area contributed by atoms with E-state index in [1.54, 1.807) is 17.0 Å². The van der Waals surface area contributed by atoms with Gasteiger partial charge in [-0.05, 0) is 38.3 Å². The largest absolute Gasteiger partial charge is 0.390 e. The molecule has 5 heteroatoms. The number of rotatable bonds is 2. The fourth-order valence-corrected chi connectivity index (χ4v) is 2.43. The molecule has 0 radical (unpaired) electrons. The molecule has 0 saturated carbocycles. The molecule has 1 heterocycles. The van der Waals surface area contributed by atoms with Crippen LogP contribution in [0.5, 0.6) is 0 Å². The number of para-hydroxylation sites is 1. The predicted molar refractivity (Wildman–Crippen MR) is 74.6 cm³/mol. The number of likely N-dealkylation sites (tertiary alicyclic amines) is 1. The molecule has 1 aliphatic heterocycles. The Kier molecular flexibility index (Phi) is 4.07. The molecule has 1 aliphatic rings. The minimum Gasteiger partial charge on any atom is -0.390 e. The molecule has 2 rings (SSSR count). The highest BCUT2D eigenvalue weighted by atomic mass is 16.3. The van der Waals surface area contributed by atoms with Crippen LogP contribution in [0.4, 0.5) is 5.69 Å². The van der Waals surface area contributed by atoms with Gasteiger partial charge in [-0.25, -0.2) is 0 Å². The number of nitrogens with zero attached hydrogens (tertiary/aromatic N) is 1. The number of amides is 1. The van der Waals surface area contributed by atoms with Gasteiger partial charge >= 0.3 is 0 Å². The summed E-state index contributed by atoms with van der Waals surface area (Å²) in [5.41, 5.74) is 3.09. The average Bonchev–Trinajstić information content (AvgIpc) is 2.59. The van der Waals surface area contributed by atoms with Gasteiger partial charge in [-0.3, -0.25) is 10.6 Å². The Hall–Kier alpha value is -1.59. The first-order chi connectivity index (χ1) is 9.03. The van der Waals surface area contributed by atoms with Gasteiger partial charge in [0, 0.05) is 13.1 Å². The summed E-state index contributed by atoms with van der Waals surface area (Å²) in [4.78, 5) is 14.3. The molecule has 19 heavy (non-hydrogen) atoms. The van der Waals surface area contributed by atoms with Gasteiger partial charge in [0.2, 0.25) is 0 Å². The number of carbonyl (C=O) groups excluding carboxylic acids is 1. The Bertz CT molecular complexity index is 460. The molecule has 0 spiro atoms. The SMILES string of the molecule is CC1(O)CCCN(C(=O)c2ccccc2NN)CC1. The molecule has 4 N–H and O–H groups in total. The lowest BCUT2D eigenvalue weighted by atomic mass is 9.98. The van der Waals surface area contributed by atoms with E-state index in [9.17, 15) is 9.90 Å². The Balaban J connectivity index is 2.15. The lowest BCUT2D eigenvalue weighted by Crippen LogP contribution is -2.34. The smallest absolute Gasteiger partial charge is 0.256 e. The highest BCUT2D eigenvalue weighted by molar-refractivity contribution is 5.99. The van der Waals surface area contributed by atoms with Gasteiger partial charge in [0.25, 0.3) is 5.91 Å². The monoisotopic (exact) mass is 263 g/mol. The standard InChI is InChI=1S/C14H21N3O2/c1-14(19)7-4-9-17(10-8-14)13(18)11-5-2-3-6-12(11)16-15/h2-3,5-6,16,19H,4,7-10,15H2,1H3. The van der Waals surface area contributed by atoms with Crippen LogP contribution in [0.15, 0.2) is 24.3 Å². The number of benzene rings is 1. The lowest BCUT2D eigenvalue weighted by molar-refractivity contribution is 0.0438. The second-order valence-electron chi connectivity index (χ2n) is 5.33. The molecule has 0 aliphatic carbocycles. The maximum Gasteiger partial charge on any atom is 0.256 e. The normalized spacial score (nSPS) is 23.8. The first-order valence-corrected chi connectivity index (χ1v) is 6.61. The van der Waals surface area contributed by atoms with Crippen molar-refractivity contribution in [3.63, 3.8) is 0 Å². The molecule has 1 unspecified atom stereocenters. The summed E-state index contributed by atoms with van der Waals surface area (Å²) >= 11 is 0. The number of carbonyl (C=O) groups is 1. The molecular weight excluding hydrogens is 242 g/mol. The van der Waals surface area contributed by atoms with Crippen LogP contribution >= 0.6 is 0 Å². The van der Waals surface area contributed by atoms with Gasteiger partial charge in [-0.1, -0.05) is 12.1 Å². The molecular formula is C14H21N3O2. The molecule has 0 bridgehead atoms. The van der Waals surface area contributed by atoms with Crippen molar-refractivity contribution in [3.8, 4) is 0 Å². The van der Waals surface area contributed by atoms with E-state index in [2.05, 4.69) is 5.43 Å². The maximum absolute atomic E-state index is 12.5. The van der Waals surface area contributed by atoms with Gasteiger partial charge in [-0.15, -0.1) is 0 Å². The maximum atomic E-state index is 12.5. The van der Waals surface area contributed by atoms with E-state index < -0.39 is 5.60 Å². The lowest BCUT2D eigenvalue weighted by Gasteiger charge is -2.23. The van der Waals surface area contributed by atoms with E-state index in [-0.39, 0.29) is 5.91 Å². The number of nitrogen functional groups attached to an aromatic ring is 1. The number of aliphatic hydroxyl groups is 1. The summed E-state index contributed by atoms with van der Waals surface area (Å²) in [7, 11) is 0. The highest BCUT2D eigenvalue weighted by Crippen LogP contribution is 2.24. The van der Waals surface area contributed by atoms with E-state index in [0.29, 0.717) is 30.8 Å². The number of hydrazine groups is 1. The van der Waals surface area contributed by atoms with E-state index >= 15 is 0 Å². The molecule has 1 aromatic rings. The zero-order valence-corrected chi connectivity index (χ0v) is 11.2. The average molecular weight is 263 g/mol. The number of nitrogens with one attached hydrogen (secondary N) is 1. The van der Waals surface area contributed by atoms with Crippen molar-refractivity contribution >= 4 is 11.6 Å². The van der Waals surface area contributed by atoms with Crippen LogP contribution in [0.2, 0.25) is 0 Å². The quantitative estimate of drug-likeness (QED) is 0.556. The Morgan fingerprint density at radius 2 is 2.11 bits per heavy atom. The molecule has 104 valence electrons. The first-order valence-electron chi connectivity index (χ1n) is 6.61. The Morgan fingerprint density at radius 3 is 2.84 bits per heavy atom. The van der Waals surface area contributed by atoms with Crippen LogP contribution in [0, 0.1) is 0 Å². The fraction of sp³-hybridized carbons (Fsp3) is 0.500. The number of hydrogen-bond donors (Lipinski definition) is 3. The fourth-order valence-electron chi connectivity index (χ4n) is 2.43. The third-order valence-corrected chi connectivity index (χ3v) is 3.66. The number of hydrogen-bond acceptors (Lipinski definition) is 4. The summed E-state index contributed by atoms with van der Waals surface area (Å²) < 4.78 is 0. The Morgan fingerprint density at radius 1 is 1.37 bits per heavy atom. The highest BCUT2D eigenvalue weighted by Gasteiger charge is 2.28. The van der Waals surface area contributed by atoms with E-state index in [0.717, 1.165) is 12.8 Å². The van der Waals surface area contributed by atoms with E-state index in [1.807, 2.05) is 19.1 Å². The summed E-state index contributed by atoms with van der Waals surface area (Å²) in [6.45, 7) is 3.08. The molecule has 1 aromatic carbocycles. The summed E-state index contributed by atoms with van der Waals surface area (Å²) in [6.07, 6.45) is 2.15. The topological polar surface area (TPSA) is 78.6 Å². The summed E-state index contributed by atoms with van der Waals surface area (Å²) in [6, 6.07) is 7.20. The zero-order chi connectivity index (χ0) is 13.9.